The monoisotopic (exact) mass is 356 g/mol. The van der Waals surface area contributed by atoms with Crippen LogP contribution in [0.25, 0.3) is 11.0 Å². The Balaban J connectivity index is 2.25. The van der Waals surface area contributed by atoms with Gasteiger partial charge in [0.25, 0.3) is 0 Å². The SMILES string of the molecule is CC(c1ccco1)n1c(CCl)nc2cc(F)c(Br)cc21. The van der Waals surface area contributed by atoms with Gasteiger partial charge in [-0.2, -0.15) is 0 Å². The number of furan rings is 1. The summed E-state index contributed by atoms with van der Waals surface area (Å²) in [5.74, 6) is 1.40. The lowest BCUT2D eigenvalue weighted by molar-refractivity contribution is 0.446. The summed E-state index contributed by atoms with van der Waals surface area (Å²) < 4.78 is 21.4. The first-order chi connectivity index (χ1) is 9.61. The number of halogens is 3. The van der Waals surface area contributed by atoms with Crippen LogP contribution in [-0.2, 0) is 5.88 Å². The van der Waals surface area contributed by atoms with Crippen molar-refractivity contribution in [1.82, 2.24) is 9.55 Å². The fourth-order valence-corrected chi connectivity index (χ4v) is 2.84. The number of alkyl halides is 1. The number of hydrogen-bond acceptors (Lipinski definition) is 2. The second-order valence-electron chi connectivity index (χ2n) is 4.48. The average molecular weight is 358 g/mol. The summed E-state index contributed by atoms with van der Waals surface area (Å²) in [6, 6.07) is 6.78. The lowest BCUT2D eigenvalue weighted by Crippen LogP contribution is -2.09. The van der Waals surface area contributed by atoms with Gasteiger partial charge in [-0.1, -0.05) is 0 Å². The molecule has 0 amide bonds. The van der Waals surface area contributed by atoms with Crippen LogP contribution < -0.4 is 0 Å². The first-order valence-corrected chi connectivity index (χ1v) is 7.39. The summed E-state index contributed by atoms with van der Waals surface area (Å²) >= 11 is 9.18. The van der Waals surface area contributed by atoms with E-state index in [1.807, 2.05) is 23.6 Å². The second kappa shape index (κ2) is 5.22. The molecule has 3 nitrogen and oxygen atoms in total. The fraction of sp³-hybridized carbons (Fsp3) is 0.214. The third-order valence-corrected chi connectivity index (χ3v) is 4.11. The molecule has 1 aromatic carbocycles. The van der Waals surface area contributed by atoms with Crippen molar-refractivity contribution in [2.45, 2.75) is 18.8 Å². The van der Waals surface area contributed by atoms with E-state index in [9.17, 15) is 4.39 Å². The lowest BCUT2D eigenvalue weighted by atomic mass is 10.2. The van der Waals surface area contributed by atoms with Crippen LogP contribution in [0.1, 0.15) is 24.6 Å². The van der Waals surface area contributed by atoms with Crippen molar-refractivity contribution in [2.75, 3.05) is 0 Å². The molecule has 2 heterocycles. The Morgan fingerprint density at radius 1 is 1.50 bits per heavy atom. The van der Waals surface area contributed by atoms with E-state index in [0.29, 0.717) is 15.8 Å². The molecule has 1 atom stereocenters. The number of nitrogens with zero attached hydrogens (tertiary/aromatic N) is 2. The smallest absolute Gasteiger partial charge is 0.139 e. The quantitative estimate of drug-likeness (QED) is 0.626. The maximum absolute atomic E-state index is 13.6. The molecule has 0 bridgehead atoms. The predicted molar refractivity (Wildman–Crippen MR) is 79.5 cm³/mol. The van der Waals surface area contributed by atoms with Gasteiger partial charge in [0.1, 0.15) is 17.4 Å². The molecule has 0 saturated carbocycles. The van der Waals surface area contributed by atoms with E-state index in [4.69, 9.17) is 16.0 Å². The average Bonchev–Trinajstić information content (AvgIpc) is 3.06. The van der Waals surface area contributed by atoms with Gasteiger partial charge in [0.15, 0.2) is 0 Å². The Labute approximate surface area is 128 Å². The minimum atomic E-state index is -0.339. The van der Waals surface area contributed by atoms with Crippen LogP contribution in [-0.4, -0.2) is 9.55 Å². The maximum atomic E-state index is 13.6. The molecule has 0 fully saturated rings. The number of aromatic nitrogens is 2. The summed E-state index contributed by atoms with van der Waals surface area (Å²) in [7, 11) is 0. The zero-order valence-corrected chi connectivity index (χ0v) is 12.9. The number of rotatable bonds is 3. The van der Waals surface area contributed by atoms with Gasteiger partial charge in [0.05, 0.1) is 33.7 Å². The van der Waals surface area contributed by atoms with Crippen LogP contribution in [0.3, 0.4) is 0 Å². The van der Waals surface area contributed by atoms with Crippen LogP contribution in [0.15, 0.2) is 39.4 Å². The minimum absolute atomic E-state index is 0.0684. The van der Waals surface area contributed by atoms with E-state index in [0.717, 1.165) is 11.3 Å². The van der Waals surface area contributed by atoms with Gasteiger partial charge in [0.2, 0.25) is 0 Å². The molecular formula is C14H11BrClFN2O. The van der Waals surface area contributed by atoms with E-state index in [1.165, 1.54) is 6.07 Å². The normalized spacial score (nSPS) is 13.0. The van der Waals surface area contributed by atoms with Crippen LogP contribution in [0.5, 0.6) is 0 Å². The van der Waals surface area contributed by atoms with E-state index < -0.39 is 0 Å². The Hall–Kier alpha value is -1.33. The summed E-state index contributed by atoms with van der Waals surface area (Å²) in [6.45, 7) is 1.99. The van der Waals surface area contributed by atoms with E-state index in [2.05, 4.69) is 20.9 Å². The molecule has 104 valence electrons. The molecule has 6 heteroatoms. The summed E-state index contributed by atoms with van der Waals surface area (Å²) in [5, 5.41) is 0. The topological polar surface area (TPSA) is 31.0 Å². The van der Waals surface area contributed by atoms with Gasteiger partial charge in [-0.05, 0) is 41.1 Å². The van der Waals surface area contributed by atoms with Gasteiger partial charge < -0.3 is 8.98 Å². The van der Waals surface area contributed by atoms with Gasteiger partial charge in [0, 0.05) is 6.07 Å². The van der Waals surface area contributed by atoms with Crippen molar-refractivity contribution in [3.8, 4) is 0 Å². The predicted octanol–water partition coefficient (Wildman–Crippen LogP) is 4.88. The first kappa shape index (κ1) is 13.6. The Morgan fingerprint density at radius 3 is 2.95 bits per heavy atom. The van der Waals surface area contributed by atoms with Crippen LogP contribution in [0.4, 0.5) is 4.39 Å². The number of fused-ring (bicyclic) bond motifs is 1. The Bertz CT molecular complexity index is 754. The molecule has 20 heavy (non-hydrogen) atoms. The van der Waals surface area contributed by atoms with E-state index in [-0.39, 0.29) is 17.7 Å². The molecular weight excluding hydrogens is 347 g/mol. The third kappa shape index (κ3) is 2.15. The molecule has 0 aliphatic heterocycles. The molecule has 1 unspecified atom stereocenters. The molecule has 0 aliphatic carbocycles. The van der Waals surface area contributed by atoms with Crippen LogP contribution in [0, 0.1) is 5.82 Å². The van der Waals surface area contributed by atoms with E-state index in [1.54, 1.807) is 12.3 Å². The number of benzene rings is 1. The van der Waals surface area contributed by atoms with Crippen LogP contribution >= 0.6 is 27.5 Å². The highest BCUT2D eigenvalue weighted by molar-refractivity contribution is 9.10. The molecule has 0 radical (unpaired) electrons. The Morgan fingerprint density at radius 2 is 2.30 bits per heavy atom. The lowest BCUT2D eigenvalue weighted by Gasteiger charge is -2.14. The highest BCUT2D eigenvalue weighted by Gasteiger charge is 2.19. The molecule has 2 aromatic heterocycles. The zero-order chi connectivity index (χ0) is 14.3. The number of hydrogen-bond donors (Lipinski definition) is 0. The fourth-order valence-electron chi connectivity index (χ4n) is 2.32. The van der Waals surface area contributed by atoms with E-state index >= 15 is 0 Å². The molecule has 0 spiro atoms. The summed E-state index contributed by atoms with van der Waals surface area (Å²) in [6.07, 6.45) is 1.63. The summed E-state index contributed by atoms with van der Waals surface area (Å²) in [4.78, 5) is 4.39. The van der Waals surface area contributed by atoms with Gasteiger partial charge in [-0.3, -0.25) is 0 Å². The number of imidazole rings is 1. The van der Waals surface area contributed by atoms with Crippen molar-refractivity contribution >= 4 is 38.6 Å². The molecule has 0 N–H and O–H groups in total. The Kier molecular flexibility index (Phi) is 3.56. The molecule has 0 aliphatic rings. The first-order valence-electron chi connectivity index (χ1n) is 6.07. The van der Waals surface area contributed by atoms with Crippen LogP contribution in [0.2, 0.25) is 0 Å². The maximum Gasteiger partial charge on any atom is 0.139 e. The summed E-state index contributed by atoms with van der Waals surface area (Å²) in [5.41, 5.74) is 1.40. The van der Waals surface area contributed by atoms with Crippen molar-refractivity contribution in [3.05, 3.63) is 52.4 Å². The van der Waals surface area contributed by atoms with Crippen molar-refractivity contribution in [2.24, 2.45) is 0 Å². The highest BCUT2D eigenvalue weighted by Crippen LogP contribution is 2.30. The third-order valence-electron chi connectivity index (χ3n) is 3.27. The highest BCUT2D eigenvalue weighted by atomic mass is 79.9. The van der Waals surface area contributed by atoms with Crippen molar-refractivity contribution < 1.29 is 8.81 Å². The van der Waals surface area contributed by atoms with Crippen molar-refractivity contribution in [1.29, 1.82) is 0 Å². The van der Waals surface area contributed by atoms with Gasteiger partial charge in [-0.25, -0.2) is 9.37 Å². The minimum Gasteiger partial charge on any atom is -0.467 e. The zero-order valence-electron chi connectivity index (χ0n) is 10.6. The second-order valence-corrected chi connectivity index (χ2v) is 5.60. The largest absolute Gasteiger partial charge is 0.467 e. The standard InChI is InChI=1S/C14H11BrClFN2O/c1-8(13-3-2-4-20-13)19-12-5-9(15)10(17)6-11(12)18-14(19)7-16/h2-6,8H,7H2,1H3. The van der Waals surface area contributed by atoms with Crippen molar-refractivity contribution in [3.63, 3.8) is 0 Å². The molecule has 0 saturated heterocycles. The van der Waals surface area contributed by atoms with Gasteiger partial charge >= 0.3 is 0 Å². The molecule has 3 rings (SSSR count). The van der Waals surface area contributed by atoms with Gasteiger partial charge in [-0.15, -0.1) is 11.6 Å². The molecule has 3 aromatic rings.